The van der Waals surface area contributed by atoms with Gasteiger partial charge in [0.25, 0.3) is 0 Å². The molecule has 2 heterocycles. The van der Waals surface area contributed by atoms with Crippen molar-refractivity contribution in [3.8, 4) is 0 Å². The molecule has 0 saturated carbocycles. The number of ketones is 1. The molecule has 0 amide bonds. The zero-order valence-corrected chi connectivity index (χ0v) is 8.83. The van der Waals surface area contributed by atoms with E-state index in [1.54, 1.807) is 12.1 Å². The van der Waals surface area contributed by atoms with Gasteiger partial charge in [-0.25, -0.2) is 4.98 Å². The minimum atomic E-state index is -0.256. The largest absolute Gasteiger partial charge is 0.461 e. The number of carbonyl (C=O) groups excluding carboxylic acids is 1. The lowest BCUT2D eigenvalue weighted by molar-refractivity contribution is 0.100. The molecule has 0 aliphatic heterocycles. The molecule has 0 radical (unpaired) electrons. The summed E-state index contributed by atoms with van der Waals surface area (Å²) < 4.78 is 5.04. The zero-order valence-electron chi connectivity index (χ0n) is 8.83. The van der Waals surface area contributed by atoms with E-state index in [2.05, 4.69) is 9.97 Å². The molecule has 0 atom stereocenters. The molecule has 17 heavy (non-hydrogen) atoms. The van der Waals surface area contributed by atoms with E-state index in [9.17, 15) is 4.79 Å². The van der Waals surface area contributed by atoms with Crippen molar-refractivity contribution < 1.29 is 9.21 Å². The summed E-state index contributed by atoms with van der Waals surface area (Å²) in [6, 6.07) is 10.7. The average Bonchev–Trinajstić information content (AvgIpc) is 2.91. The Bertz CT molecular complexity index is 675. The predicted octanol–water partition coefficient (Wildman–Crippen LogP) is 2.45. The van der Waals surface area contributed by atoms with Crippen molar-refractivity contribution in [2.75, 3.05) is 0 Å². The highest BCUT2D eigenvalue weighted by molar-refractivity contribution is 6.06. The Labute approximate surface area is 96.9 Å². The number of aromatic nitrogens is 2. The normalized spacial score (nSPS) is 10.6. The summed E-state index contributed by atoms with van der Waals surface area (Å²) >= 11 is 0. The Kier molecular flexibility index (Phi) is 2.19. The molecule has 3 rings (SSSR count). The minimum absolute atomic E-state index is 0.256. The van der Waals surface area contributed by atoms with E-state index in [0.29, 0.717) is 11.2 Å². The van der Waals surface area contributed by atoms with Gasteiger partial charge >= 0.3 is 0 Å². The van der Waals surface area contributed by atoms with E-state index in [0.717, 1.165) is 5.52 Å². The van der Waals surface area contributed by atoms with Crippen LogP contribution in [0.25, 0.3) is 11.0 Å². The summed E-state index contributed by atoms with van der Waals surface area (Å²) in [5, 5.41) is 0. The number of nitrogens with zero attached hydrogens (tertiary/aromatic N) is 2. The third-order valence-electron chi connectivity index (χ3n) is 2.43. The molecule has 0 aliphatic carbocycles. The van der Waals surface area contributed by atoms with Gasteiger partial charge in [-0.3, -0.25) is 9.78 Å². The molecule has 2 aromatic heterocycles. The first-order valence-corrected chi connectivity index (χ1v) is 5.14. The first-order valence-electron chi connectivity index (χ1n) is 5.14. The molecule has 0 N–H and O–H groups in total. The van der Waals surface area contributed by atoms with Gasteiger partial charge in [-0.1, -0.05) is 12.1 Å². The van der Waals surface area contributed by atoms with Gasteiger partial charge in [0.1, 0.15) is 5.69 Å². The molecular weight excluding hydrogens is 216 g/mol. The topological polar surface area (TPSA) is 56.0 Å². The van der Waals surface area contributed by atoms with Gasteiger partial charge < -0.3 is 4.42 Å². The highest BCUT2D eigenvalue weighted by Gasteiger charge is 2.14. The first-order chi connectivity index (χ1) is 8.34. The molecule has 0 aliphatic rings. The molecule has 1 aromatic carbocycles. The fourth-order valence-electron chi connectivity index (χ4n) is 1.60. The molecule has 82 valence electrons. The summed E-state index contributed by atoms with van der Waals surface area (Å²) in [5.41, 5.74) is 1.76. The van der Waals surface area contributed by atoms with E-state index in [4.69, 9.17) is 4.42 Å². The summed E-state index contributed by atoms with van der Waals surface area (Å²) in [5.74, 6) is 0.0165. The van der Waals surface area contributed by atoms with Gasteiger partial charge in [-0.15, -0.1) is 0 Å². The van der Waals surface area contributed by atoms with Crippen LogP contribution in [0, 0.1) is 0 Å². The van der Waals surface area contributed by atoms with E-state index in [-0.39, 0.29) is 11.5 Å². The van der Waals surface area contributed by atoms with Crippen LogP contribution in [0.15, 0.2) is 53.3 Å². The Morgan fingerprint density at radius 3 is 2.65 bits per heavy atom. The Morgan fingerprint density at radius 1 is 1.06 bits per heavy atom. The van der Waals surface area contributed by atoms with Crippen LogP contribution in [0.3, 0.4) is 0 Å². The number of benzene rings is 1. The molecule has 3 aromatic rings. The highest BCUT2D eigenvalue weighted by atomic mass is 16.3. The van der Waals surface area contributed by atoms with Gasteiger partial charge in [0.05, 0.1) is 23.5 Å². The van der Waals surface area contributed by atoms with E-state index >= 15 is 0 Å². The van der Waals surface area contributed by atoms with Crippen LogP contribution >= 0.6 is 0 Å². The van der Waals surface area contributed by atoms with Crippen molar-refractivity contribution in [3.05, 3.63) is 60.3 Å². The standard InChI is InChI=1S/C13H8N2O2/c16-13(12-6-3-7-17-12)11-8-14-9-4-1-2-5-10(9)15-11/h1-8H. The van der Waals surface area contributed by atoms with Crippen LogP contribution < -0.4 is 0 Å². The van der Waals surface area contributed by atoms with Crippen LogP contribution in [0.5, 0.6) is 0 Å². The minimum Gasteiger partial charge on any atom is -0.461 e. The molecular formula is C13H8N2O2. The fraction of sp³-hybridized carbons (Fsp3) is 0. The smallest absolute Gasteiger partial charge is 0.248 e. The molecule has 0 unspecified atom stereocenters. The maximum Gasteiger partial charge on any atom is 0.248 e. The van der Waals surface area contributed by atoms with Crippen molar-refractivity contribution in [1.82, 2.24) is 9.97 Å². The van der Waals surface area contributed by atoms with Gasteiger partial charge in [0.15, 0.2) is 5.76 Å². The second kappa shape index (κ2) is 3.83. The van der Waals surface area contributed by atoms with Crippen molar-refractivity contribution in [2.45, 2.75) is 0 Å². The number of rotatable bonds is 2. The molecule has 4 heteroatoms. The molecule has 0 spiro atoms. The lowest BCUT2D eigenvalue weighted by Crippen LogP contribution is -2.03. The summed E-state index contributed by atoms with van der Waals surface area (Å²) in [6.45, 7) is 0. The number of para-hydroxylation sites is 2. The second-order valence-corrected chi connectivity index (χ2v) is 3.55. The van der Waals surface area contributed by atoms with E-state index in [1.807, 2.05) is 24.3 Å². The number of carbonyl (C=O) groups is 1. The Morgan fingerprint density at radius 2 is 1.88 bits per heavy atom. The summed E-state index contributed by atoms with van der Waals surface area (Å²) in [7, 11) is 0. The van der Waals surface area contributed by atoms with E-state index in [1.165, 1.54) is 12.5 Å². The third-order valence-corrected chi connectivity index (χ3v) is 2.43. The monoisotopic (exact) mass is 224 g/mol. The van der Waals surface area contributed by atoms with E-state index < -0.39 is 0 Å². The maximum atomic E-state index is 12.0. The number of hydrogen-bond acceptors (Lipinski definition) is 4. The van der Waals surface area contributed by atoms with Crippen molar-refractivity contribution in [2.24, 2.45) is 0 Å². The molecule has 0 fully saturated rings. The number of hydrogen-bond donors (Lipinski definition) is 0. The van der Waals surface area contributed by atoms with Crippen molar-refractivity contribution in [3.63, 3.8) is 0 Å². The van der Waals surface area contributed by atoms with Gasteiger partial charge in [-0.2, -0.15) is 0 Å². The molecule has 0 bridgehead atoms. The summed E-state index contributed by atoms with van der Waals surface area (Å²) in [4.78, 5) is 20.4. The lowest BCUT2D eigenvalue weighted by atomic mass is 10.2. The average molecular weight is 224 g/mol. The Balaban J connectivity index is 2.09. The Hall–Kier alpha value is -2.49. The SMILES string of the molecule is O=C(c1cnc2ccccc2n1)c1ccco1. The van der Waals surface area contributed by atoms with Crippen LogP contribution in [0.2, 0.25) is 0 Å². The highest BCUT2D eigenvalue weighted by Crippen LogP contribution is 2.12. The van der Waals surface area contributed by atoms with Gasteiger partial charge in [-0.05, 0) is 24.3 Å². The van der Waals surface area contributed by atoms with Gasteiger partial charge in [0, 0.05) is 0 Å². The van der Waals surface area contributed by atoms with Crippen LogP contribution in [0.1, 0.15) is 16.2 Å². The lowest BCUT2D eigenvalue weighted by Gasteiger charge is -1.99. The quantitative estimate of drug-likeness (QED) is 0.627. The van der Waals surface area contributed by atoms with Crippen molar-refractivity contribution >= 4 is 16.8 Å². The summed E-state index contributed by atoms with van der Waals surface area (Å²) in [6.07, 6.45) is 2.93. The molecule has 0 saturated heterocycles. The van der Waals surface area contributed by atoms with Crippen LogP contribution in [-0.4, -0.2) is 15.8 Å². The molecule has 4 nitrogen and oxygen atoms in total. The second-order valence-electron chi connectivity index (χ2n) is 3.55. The first kappa shape index (κ1) is 9.72. The zero-order chi connectivity index (χ0) is 11.7. The number of furan rings is 1. The third kappa shape index (κ3) is 1.69. The van der Waals surface area contributed by atoms with Crippen LogP contribution in [0.4, 0.5) is 0 Å². The predicted molar refractivity (Wildman–Crippen MR) is 61.7 cm³/mol. The van der Waals surface area contributed by atoms with Gasteiger partial charge in [0.2, 0.25) is 5.78 Å². The maximum absolute atomic E-state index is 12.0. The number of fused-ring (bicyclic) bond motifs is 1. The fourth-order valence-corrected chi connectivity index (χ4v) is 1.60. The van der Waals surface area contributed by atoms with Crippen molar-refractivity contribution in [1.29, 1.82) is 0 Å². The van der Waals surface area contributed by atoms with Crippen LogP contribution in [-0.2, 0) is 0 Å².